The van der Waals surface area contributed by atoms with Crippen molar-refractivity contribution in [3.8, 4) is 0 Å². The van der Waals surface area contributed by atoms with Gasteiger partial charge in [0.15, 0.2) is 12.2 Å². The van der Waals surface area contributed by atoms with Gasteiger partial charge in [0.1, 0.15) is 19.3 Å². The van der Waals surface area contributed by atoms with Crippen LogP contribution >= 0.6 is 15.6 Å². The molecule has 0 aliphatic rings. The predicted molar refractivity (Wildman–Crippen MR) is 446 cm³/mol. The van der Waals surface area contributed by atoms with Gasteiger partial charge in [0.2, 0.25) is 0 Å². The second kappa shape index (κ2) is 81.6. The Balaban J connectivity index is 5.22. The van der Waals surface area contributed by atoms with Crippen LogP contribution < -0.4 is 0 Å². The van der Waals surface area contributed by atoms with Crippen molar-refractivity contribution >= 4 is 39.5 Å². The molecule has 0 spiro atoms. The fraction of sp³-hybridized carbons (Fsp3) is 0.955. The fourth-order valence-corrected chi connectivity index (χ4v) is 15.5. The zero-order valence-corrected chi connectivity index (χ0v) is 72.8. The van der Waals surface area contributed by atoms with E-state index in [-0.39, 0.29) is 25.7 Å². The molecule has 6 atom stereocenters. The molecule has 108 heavy (non-hydrogen) atoms. The van der Waals surface area contributed by atoms with Crippen LogP contribution in [0.1, 0.15) is 484 Å². The molecular weight excluding hydrogens is 1400 g/mol. The molecule has 17 nitrogen and oxygen atoms in total. The highest BCUT2D eigenvalue weighted by atomic mass is 31.2. The van der Waals surface area contributed by atoms with Gasteiger partial charge in [-0.1, -0.05) is 433 Å². The average Bonchev–Trinajstić information content (AvgIpc) is 0.899. The van der Waals surface area contributed by atoms with Gasteiger partial charge in [-0.15, -0.1) is 0 Å². The van der Waals surface area contributed by atoms with Crippen molar-refractivity contribution < 1.29 is 80.2 Å². The first-order chi connectivity index (χ1) is 52.6. The number of esters is 4. The first kappa shape index (κ1) is 106. The van der Waals surface area contributed by atoms with Crippen molar-refractivity contribution in [1.82, 2.24) is 0 Å². The highest BCUT2D eigenvalue weighted by molar-refractivity contribution is 7.47. The van der Waals surface area contributed by atoms with Crippen molar-refractivity contribution in [3.63, 3.8) is 0 Å². The molecular formula is C89H174O17P2. The van der Waals surface area contributed by atoms with E-state index in [1.165, 1.54) is 308 Å². The van der Waals surface area contributed by atoms with E-state index >= 15 is 0 Å². The lowest BCUT2D eigenvalue weighted by atomic mass is 9.99. The standard InChI is InChI=1S/C89H174O17P2/c1-6-10-13-16-19-22-25-28-30-32-34-36-38-40-42-44-47-50-53-60-65-70-75-89(94)105-84(78-99-86(91)72-67-62-57-51-48-46-43-41-39-37-35-33-31-29-26-23-20-17-14-11-7-2)80-103-107(95,96)101-76-83(90)77-102-108(97,98)104-81-85(79-100-87(92)73-68-63-58-55-54-56-61-66-71-82(5)9-4)106-88(93)74-69-64-59-52-49-45-27-24-21-18-15-12-8-3/h82-85,90H,6-81H2,1-5H3,(H,95,96)(H,97,98)/t82?,83-,84-,85-/m1/s1. The topological polar surface area (TPSA) is 237 Å². The van der Waals surface area contributed by atoms with Gasteiger partial charge >= 0.3 is 39.5 Å². The predicted octanol–water partition coefficient (Wildman–Crippen LogP) is 27.5. The summed E-state index contributed by atoms with van der Waals surface area (Å²) in [6.45, 7) is 7.38. The number of carbonyl (C=O) groups excluding carboxylic acids is 4. The molecule has 3 N–H and O–H groups in total. The molecule has 0 fully saturated rings. The number of hydrogen-bond acceptors (Lipinski definition) is 15. The van der Waals surface area contributed by atoms with Crippen LogP contribution in [0.15, 0.2) is 0 Å². The molecule has 0 saturated carbocycles. The number of aliphatic hydroxyl groups is 1. The van der Waals surface area contributed by atoms with E-state index in [0.717, 1.165) is 95.8 Å². The van der Waals surface area contributed by atoms with E-state index in [2.05, 4.69) is 34.6 Å². The molecule has 0 bridgehead atoms. The van der Waals surface area contributed by atoms with Gasteiger partial charge in [-0.25, -0.2) is 9.13 Å². The van der Waals surface area contributed by atoms with Gasteiger partial charge in [0.05, 0.1) is 26.4 Å². The molecule has 0 aromatic rings. The SMILES string of the molecule is CCCCCCCCCCCCCCCCCCCCCCCCC(=O)O[C@H](COC(=O)CCCCCCCCCCCCCCCCCCCCCCC)COP(=O)(O)OC[C@@H](O)COP(=O)(O)OC[C@@H](COC(=O)CCCCCCCCCCC(C)CC)OC(=O)CCCCCCCCCCCCCCC. The minimum atomic E-state index is -4.97. The number of ether oxygens (including phenoxy) is 4. The Labute approximate surface area is 664 Å². The highest BCUT2D eigenvalue weighted by Crippen LogP contribution is 2.45. The molecule has 0 aromatic carbocycles. The number of phosphoric acid groups is 2. The van der Waals surface area contributed by atoms with E-state index in [0.29, 0.717) is 25.7 Å². The molecule has 0 heterocycles. The molecule has 0 aliphatic carbocycles. The van der Waals surface area contributed by atoms with E-state index < -0.39 is 97.5 Å². The summed E-state index contributed by atoms with van der Waals surface area (Å²) in [6.07, 6.45) is 76.5. The molecule has 0 radical (unpaired) electrons. The van der Waals surface area contributed by atoms with E-state index in [9.17, 15) is 43.2 Å². The van der Waals surface area contributed by atoms with Crippen molar-refractivity contribution in [1.29, 1.82) is 0 Å². The average molecular weight is 1580 g/mol. The zero-order valence-electron chi connectivity index (χ0n) is 71.0. The minimum absolute atomic E-state index is 0.108. The molecule has 0 aromatic heterocycles. The number of rotatable bonds is 89. The minimum Gasteiger partial charge on any atom is -0.462 e. The largest absolute Gasteiger partial charge is 0.472 e. The van der Waals surface area contributed by atoms with Gasteiger partial charge in [-0.3, -0.25) is 37.3 Å². The summed E-state index contributed by atoms with van der Waals surface area (Å²) in [5, 5.41) is 10.7. The summed E-state index contributed by atoms with van der Waals surface area (Å²) in [5.74, 6) is -1.32. The molecule has 3 unspecified atom stereocenters. The van der Waals surface area contributed by atoms with Gasteiger partial charge < -0.3 is 33.8 Å². The van der Waals surface area contributed by atoms with Crippen LogP contribution in [-0.2, 0) is 65.4 Å². The van der Waals surface area contributed by atoms with Crippen LogP contribution in [0.5, 0.6) is 0 Å². The third-order valence-corrected chi connectivity index (χ3v) is 23.3. The van der Waals surface area contributed by atoms with Gasteiger partial charge in [-0.05, 0) is 31.6 Å². The van der Waals surface area contributed by atoms with Crippen molar-refractivity contribution in [2.75, 3.05) is 39.6 Å². The molecule has 0 rings (SSSR count). The maximum absolute atomic E-state index is 13.2. The van der Waals surface area contributed by atoms with Gasteiger partial charge in [0.25, 0.3) is 0 Å². The number of unbranched alkanes of at least 4 members (excludes halogenated alkanes) is 60. The van der Waals surface area contributed by atoms with E-state index in [1.54, 1.807) is 0 Å². The Hall–Kier alpha value is -1.94. The first-order valence-electron chi connectivity index (χ1n) is 46.2. The normalized spacial score (nSPS) is 14.0. The molecule has 0 amide bonds. The third kappa shape index (κ3) is 80.7. The summed E-state index contributed by atoms with van der Waals surface area (Å²) >= 11 is 0. The Morgan fingerprint density at radius 3 is 0.657 bits per heavy atom. The van der Waals surface area contributed by atoms with Gasteiger partial charge in [0, 0.05) is 25.7 Å². The highest BCUT2D eigenvalue weighted by Gasteiger charge is 2.31. The van der Waals surface area contributed by atoms with Crippen LogP contribution in [0, 0.1) is 5.92 Å². The summed E-state index contributed by atoms with van der Waals surface area (Å²) in [5.41, 5.74) is 0. The number of aliphatic hydroxyl groups excluding tert-OH is 1. The van der Waals surface area contributed by atoms with Gasteiger partial charge in [-0.2, -0.15) is 0 Å². The number of hydrogen-bond donors (Lipinski definition) is 3. The quantitative estimate of drug-likeness (QED) is 0.0222. The van der Waals surface area contributed by atoms with Crippen molar-refractivity contribution in [3.05, 3.63) is 0 Å². The summed E-state index contributed by atoms with van der Waals surface area (Å²) in [7, 11) is -9.93. The van der Waals surface area contributed by atoms with Crippen molar-refractivity contribution in [2.24, 2.45) is 5.92 Å². The summed E-state index contributed by atoms with van der Waals surface area (Å²) < 4.78 is 69.0. The molecule has 642 valence electrons. The number of phosphoric ester groups is 2. The summed E-state index contributed by atoms with van der Waals surface area (Å²) in [4.78, 5) is 73.3. The fourth-order valence-electron chi connectivity index (χ4n) is 14.0. The monoisotopic (exact) mass is 1580 g/mol. The first-order valence-corrected chi connectivity index (χ1v) is 49.2. The van der Waals surface area contributed by atoms with Crippen LogP contribution in [0.3, 0.4) is 0 Å². The second-order valence-electron chi connectivity index (χ2n) is 32.2. The second-order valence-corrected chi connectivity index (χ2v) is 35.1. The Morgan fingerprint density at radius 1 is 0.259 bits per heavy atom. The van der Waals surface area contributed by atoms with Crippen LogP contribution in [0.25, 0.3) is 0 Å². The van der Waals surface area contributed by atoms with Crippen LogP contribution in [-0.4, -0.2) is 96.7 Å². The smallest absolute Gasteiger partial charge is 0.462 e. The lowest BCUT2D eigenvalue weighted by Crippen LogP contribution is -2.30. The molecule has 19 heteroatoms. The lowest BCUT2D eigenvalue weighted by Gasteiger charge is -2.21. The van der Waals surface area contributed by atoms with E-state index in [4.69, 9.17) is 37.0 Å². The lowest BCUT2D eigenvalue weighted by molar-refractivity contribution is -0.161. The van der Waals surface area contributed by atoms with Crippen LogP contribution in [0.4, 0.5) is 0 Å². The number of carbonyl (C=O) groups is 4. The molecule has 0 aliphatic heterocycles. The van der Waals surface area contributed by atoms with Crippen LogP contribution in [0.2, 0.25) is 0 Å². The maximum Gasteiger partial charge on any atom is 0.472 e. The third-order valence-electron chi connectivity index (χ3n) is 21.4. The molecule has 0 saturated heterocycles. The zero-order chi connectivity index (χ0) is 79.0. The maximum atomic E-state index is 13.2. The van der Waals surface area contributed by atoms with E-state index in [1.807, 2.05) is 0 Å². The Morgan fingerprint density at radius 2 is 0.444 bits per heavy atom. The van der Waals surface area contributed by atoms with Crippen molar-refractivity contribution in [2.45, 2.75) is 502 Å². The Bertz CT molecular complexity index is 2050. The summed E-state index contributed by atoms with van der Waals surface area (Å²) in [6, 6.07) is 0. The Kier molecular flexibility index (Phi) is 80.2.